The van der Waals surface area contributed by atoms with Gasteiger partial charge in [-0.15, -0.1) is 0 Å². The van der Waals surface area contributed by atoms with Gasteiger partial charge >= 0.3 is 17.9 Å². The number of carbonyl (C=O) groups excluding carboxylic acids is 4. The molecule has 0 aromatic rings. The SMILES string of the molecule is CCCC(=O)OC1C2OC2C2(C)C(=O)C3C=C(C)C3C3OC(=O)C(C)C3(O)C(OC(C)=O)C2C1(C)O. The van der Waals surface area contributed by atoms with E-state index in [9.17, 15) is 29.4 Å². The number of carbonyl (C=O) groups is 4. The molecule has 0 spiro atoms. The van der Waals surface area contributed by atoms with Gasteiger partial charge in [0.2, 0.25) is 0 Å². The van der Waals surface area contributed by atoms with E-state index in [-0.39, 0.29) is 12.2 Å². The van der Waals surface area contributed by atoms with Crippen LogP contribution in [0.4, 0.5) is 0 Å². The van der Waals surface area contributed by atoms with Crippen LogP contribution in [0.2, 0.25) is 0 Å². The number of aliphatic hydroxyl groups is 2. The van der Waals surface area contributed by atoms with E-state index in [2.05, 4.69) is 0 Å². The first-order valence-corrected chi connectivity index (χ1v) is 12.6. The van der Waals surface area contributed by atoms with E-state index < -0.39 is 88.7 Å². The topological polar surface area (TPSA) is 149 Å². The Labute approximate surface area is 209 Å². The molecule has 0 bridgehead atoms. The summed E-state index contributed by atoms with van der Waals surface area (Å²) >= 11 is 0. The van der Waals surface area contributed by atoms with Crippen LogP contribution in [0.1, 0.15) is 54.4 Å². The number of rotatable bonds is 4. The van der Waals surface area contributed by atoms with Crippen molar-refractivity contribution in [2.24, 2.45) is 29.1 Å². The predicted octanol–water partition coefficient (Wildman–Crippen LogP) is 0.852. The molecule has 3 aliphatic carbocycles. The summed E-state index contributed by atoms with van der Waals surface area (Å²) in [5.41, 5.74) is -4.66. The van der Waals surface area contributed by atoms with E-state index in [4.69, 9.17) is 18.9 Å². The number of fused-ring (bicyclic) bond motifs is 6. The minimum atomic E-state index is -2.06. The summed E-state index contributed by atoms with van der Waals surface area (Å²) < 4.78 is 23.0. The molecule has 0 amide bonds. The summed E-state index contributed by atoms with van der Waals surface area (Å²) in [5, 5.41) is 24.4. The van der Waals surface area contributed by atoms with Crippen LogP contribution in [0.5, 0.6) is 0 Å². The van der Waals surface area contributed by atoms with Gasteiger partial charge in [-0.1, -0.05) is 18.6 Å². The minimum absolute atomic E-state index is 0.122. The lowest BCUT2D eigenvalue weighted by Gasteiger charge is -2.59. The molecule has 198 valence electrons. The third kappa shape index (κ3) is 3.07. The van der Waals surface area contributed by atoms with Gasteiger partial charge in [-0.05, 0) is 34.1 Å². The van der Waals surface area contributed by atoms with Crippen molar-refractivity contribution in [2.45, 2.75) is 96.1 Å². The van der Waals surface area contributed by atoms with Crippen LogP contribution < -0.4 is 0 Å². The van der Waals surface area contributed by atoms with Crippen LogP contribution in [0, 0.1) is 29.1 Å². The van der Waals surface area contributed by atoms with Crippen molar-refractivity contribution in [3.8, 4) is 0 Å². The maximum Gasteiger partial charge on any atom is 0.312 e. The highest BCUT2D eigenvalue weighted by Gasteiger charge is 2.81. The van der Waals surface area contributed by atoms with E-state index in [1.807, 2.05) is 6.92 Å². The van der Waals surface area contributed by atoms with Crippen LogP contribution in [0.15, 0.2) is 11.6 Å². The monoisotopic (exact) mass is 506 g/mol. The van der Waals surface area contributed by atoms with Crippen molar-refractivity contribution in [1.82, 2.24) is 0 Å². The lowest BCUT2D eigenvalue weighted by molar-refractivity contribution is -0.256. The van der Waals surface area contributed by atoms with E-state index in [0.717, 1.165) is 12.5 Å². The van der Waals surface area contributed by atoms with Crippen molar-refractivity contribution in [2.75, 3.05) is 0 Å². The summed E-state index contributed by atoms with van der Waals surface area (Å²) in [4.78, 5) is 51.9. The fourth-order valence-electron chi connectivity index (χ4n) is 7.46. The van der Waals surface area contributed by atoms with Gasteiger partial charge in [0.05, 0.1) is 11.3 Å². The zero-order valence-electron chi connectivity index (χ0n) is 21.3. The standard InChI is InChI=1S/C26H34O10/c1-7-8-14(28)34-21-16-20(35-16)24(5)17(25(21,6)31)22(33-12(4)27)26(32)11(3)23(30)36-19(26)15-10(2)9-13(15)18(24)29/h9,11,13,15-17,19-22,31-32H,7-8H2,1-6H3. The van der Waals surface area contributed by atoms with Gasteiger partial charge in [-0.3, -0.25) is 19.2 Å². The maximum absolute atomic E-state index is 14.2. The summed E-state index contributed by atoms with van der Waals surface area (Å²) in [6.07, 6.45) is -2.91. The predicted molar refractivity (Wildman–Crippen MR) is 121 cm³/mol. The first-order valence-electron chi connectivity index (χ1n) is 12.6. The normalized spacial score (nSPS) is 50.6. The molecule has 2 saturated heterocycles. The summed E-state index contributed by atoms with van der Waals surface area (Å²) in [6, 6.07) is 0. The van der Waals surface area contributed by atoms with Crippen LogP contribution in [0.3, 0.4) is 0 Å². The summed E-state index contributed by atoms with van der Waals surface area (Å²) in [7, 11) is 0. The largest absolute Gasteiger partial charge is 0.459 e. The number of hydrogen-bond donors (Lipinski definition) is 2. The van der Waals surface area contributed by atoms with Crippen molar-refractivity contribution >= 4 is 23.7 Å². The van der Waals surface area contributed by atoms with Gasteiger partial charge in [0.1, 0.15) is 35.8 Å². The molecule has 12 atom stereocenters. The van der Waals surface area contributed by atoms with Crippen LogP contribution >= 0.6 is 0 Å². The molecular weight excluding hydrogens is 472 g/mol. The molecule has 4 fully saturated rings. The van der Waals surface area contributed by atoms with E-state index >= 15 is 0 Å². The fourth-order valence-corrected chi connectivity index (χ4v) is 7.46. The fraction of sp³-hybridized carbons (Fsp3) is 0.769. The highest BCUT2D eigenvalue weighted by Crippen LogP contribution is 2.65. The Bertz CT molecular complexity index is 1060. The number of epoxide rings is 1. The van der Waals surface area contributed by atoms with Gasteiger partial charge in [0.15, 0.2) is 11.7 Å². The maximum atomic E-state index is 14.2. The van der Waals surface area contributed by atoms with Crippen LogP contribution in [0.25, 0.3) is 0 Å². The number of esters is 3. The molecule has 10 heteroatoms. The Balaban J connectivity index is 1.72. The molecule has 2 aliphatic heterocycles. The lowest BCUT2D eigenvalue weighted by atomic mass is 9.47. The third-order valence-corrected chi connectivity index (χ3v) is 9.29. The summed E-state index contributed by atoms with van der Waals surface area (Å²) in [6.45, 7) is 9.30. The highest BCUT2D eigenvalue weighted by molar-refractivity contribution is 5.93. The second kappa shape index (κ2) is 7.85. The van der Waals surface area contributed by atoms with E-state index in [0.29, 0.717) is 6.42 Å². The molecule has 5 rings (SSSR count). The van der Waals surface area contributed by atoms with Gasteiger partial charge in [-0.25, -0.2) is 0 Å². The quantitative estimate of drug-likeness (QED) is 0.243. The molecule has 5 aliphatic rings. The van der Waals surface area contributed by atoms with E-state index in [1.165, 1.54) is 13.8 Å². The van der Waals surface area contributed by atoms with Crippen molar-refractivity contribution in [3.63, 3.8) is 0 Å². The number of ketones is 1. The van der Waals surface area contributed by atoms with Crippen LogP contribution in [-0.2, 0) is 38.1 Å². The van der Waals surface area contributed by atoms with Crippen LogP contribution in [-0.4, -0.2) is 75.6 Å². The van der Waals surface area contributed by atoms with Crippen molar-refractivity contribution in [3.05, 3.63) is 11.6 Å². The molecule has 12 unspecified atom stereocenters. The molecule has 0 radical (unpaired) electrons. The molecule has 2 heterocycles. The molecule has 10 nitrogen and oxygen atoms in total. The zero-order chi connectivity index (χ0) is 26.5. The molecule has 2 saturated carbocycles. The Kier molecular flexibility index (Phi) is 5.53. The lowest BCUT2D eigenvalue weighted by Crippen LogP contribution is -2.75. The number of allylic oxidation sites excluding steroid dienone is 1. The average Bonchev–Trinajstić information content (AvgIpc) is 3.54. The number of hydrogen-bond acceptors (Lipinski definition) is 10. The molecule has 2 N–H and O–H groups in total. The van der Waals surface area contributed by atoms with Crippen molar-refractivity contribution < 1.29 is 48.3 Å². The Morgan fingerprint density at radius 2 is 1.78 bits per heavy atom. The second-order valence-corrected chi connectivity index (χ2v) is 11.5. The first-order chi connectivity index (χ1) is 16.7. The minimum Gasteiger partial charge on any atom is -0.459 e. The molecule has 0 aromatic heterocycles. The molecular formula is C26H34O10. The molecule has 36 heavy (non-hydrogen) atoms. The molecule has 0 aromatic carbocycles. The number of ether oxygens (including phenoxy) is 4. The average molecular weight is 507 g/mol. The van der Waals surface area contributed by atoms with E-state index in [1.54, 1.807) is 19.9 Å². The highest BCUT2D eigenvalue weighted by atomic mass is 16.6. The van der Waals surface area contributed by atoms with Gasteiger partial charge in [0, 0.05) is 31.1 Å². The van der Waals surface area contributed by atoms with Gasteiger partial charge < -0.3 is 29.2 Å². The Hall–Kier alpha value is -2.30. The Morgan fingerprint density at radius 3 is 2.36 bits per heavy atom. The first kappa shape index (κ1) is 25.4. The second-order valence-electron chi connectivity index (χ2n) is 11.5. The smallest absolute Gasteiger partial charge is 0.312 e. The van der Waals surface area contributed by atoms with Gasteiger partial charge in [-0.2, -0.15) is 0 Å². The Morgan fingerprint density at radius 1 is 1.11 bits per heavy atom. The van der Waals surface area contributed by atoms with Gasteiger partial charge in [0.25, 0.3) is 0 Å². The number of Topliss-reactive ketones (excluding diaryl/α,β-unsaturated/α-hetero) is 1. The zero-order valence-corrected chi connectivity index (χ0v) is 21.3. The third-order valence-electron chi connectivity index (χ3n) is 9.29. The van der Waals surface area contributed by atoms with Crippen molar-refractivity contribution in [1.29, 1.82) is 0 Å². The summed E-state index contributed by atoms with van der Waals surface area (Å²) in [5.74, 6) is -5.93.